The van der Waals surface area contributed by atoms with Gasteiger partial charge < -0.3 is 9.84 Å². The normalized spacial score (nSPS) is 26.1. The van der Waals surface area contributed by atoms with Crippen molar-refractivity contribution in [2.24, 2.45) is 23.7 Å². The molecule has 0 radical (unpaired) electrons. The van der Waals surface area contributed by atoms with Crippen molar-refractivity contribution < 1.29 is 42.2 Å². The summed E-state index contributed by atoms with van der Waals surface area (Å²) in [5.41, 5.74) is 1.33. The number of hydrogen-bond donors (Lipinski definition) is 2. The number of methoxy groups -OCH3 is 1. The Hall–Kier alpha value is -5.11. The van der Waals surface area contributed by atoms with E-state index in [4.69, 9.17) is 39.5 Å². The molecule has 0 unspecified atom stereocenters. The van der Waals surface area contributed by atoms with Crippen molar-refractivity contribution in [2.75, 3.05) is 17.4 Å². The van der Waals surface area contributed by atoms with Crippen molar-refractivity contribution in [1.82, 2.24) is 9.99 Å². The van der Waals surface area contributed by atoms with Crippen LogP contribution < -0.4 is 15.1 Å². The summed E-state index contributed by atoms with van der Waals surface area (Å²) in [5, 5.41) is 11.2. The van der Waals surface area contributed by atoms with Gasteiger partial charge in [-0.3, -0.25) is 29.5 Å². The van der Waals surface area contributed by atoms with E-state index in [9.17, 15) is 32.7 Å². The highest BCUT2D eigenvalue weighted by Gasteiger charge is 2.70. The molecule has 1 aromatic heterocycles. The molecule has 0 bridgehead atoms. The van der Waals surface area contributed by atoms with Crippen LogP contribution in [0.2, 0.25) is 15.1 Å². The Labute approximate surface area is 326 Å². The second kappa shape index (κ2) is 13.3. The molecule has 16 heteroatoms. The highest BCUT2D eigenvalue weighted by Crippen LogP contribution is 2.65. The van der Waals surface area contributed by atoms with Crippen LogP contribution >= 0.6 is 34.8 Å². The van der Waals surface area contributed by atoms with Crippen LogP contribution in [0.25, 0.3) is 0 Å². The number of phenols is 1. The number of rotatable bonds is 6. The van der Waals surface area contributed by atoms with Crippen LogP contribution in [0.5, 0.6) is 11.5 Å². The number of hydrogen-bond acceptors (Lipinski definition) is 8. The summed E-state index contributed by atoms with van der Waals surface area (Å²) in [5.74, 6) is -7.96. The van der Waals surface area contributed by atoms with Gasteiger partial charge in [0, 0.05) is 17.1 Å². The van der Waals surface area contributed by atoms with Crippen molar-refractivity contribution in [2.45, 2.75) is 30.4 Å². The number of benzene rings is 3. The molecule has 3 heterocycles. The van der Waals surface area contributed by atoms with Crippen molar-refractivity contribution in [3.8, 4) is 11.5 Å². The minimum absolute atomic E-state index is 0.0309. The van der Waals surface area contributed by atoms with Crippen LogP contribution in [0.1, 0.15) is 35.4 Å². The monoisotopic (exact) mass is 810 g/mol. The van der Waals surface area contributed by atoms with Gasteiger partial charge in [0.1, 0.15) is 0 Å². The van der Waals surface area contributed by atoms with Gasteiger partial charge in [-0.1, -0.05) is 76.8 Å². The third-order valence-electron chi connectivity index (χ3n) is 11.2. The molecule has 1 saturated carbocycles. The molecule has 10 nitrogen and oxygen atoms in total. The van der Waals surface area contributed by atoms with E-state index in [1.807, 2.05) is 6.08 Å². The Balaban J connectivity index is 1.34. The summed E-state index contributed by atoms with van der Waals surface area (Å²) in [7, 11) is 1.32. The first kappa shape index (κ1) is 36.8. The summed E-state index contributed by atoms with van der Waals surface area (Å²) < 4.78 is 45.9. The fraction of sp³-hybridized carbons (Fsp3) is 0.256. The van der Waals surface area contributed by atoms with Gasteiger partial charge in [0.05, 0.1) is 51.6 Å². The number of alkyl halides is 3. The number of aromatic hydroxyl groups is 1. The molecule has 4 amide bonds. The van der Waals surface area contributed by atoms with E-state index in [-0.39, 0.29) is 35.2 Å². The van der Waals surface area contributed by atoms with Crippen molar-refractivity contribution in [3.63, 3.8) is 0 Å². The number of carbonyl (C=O) groups excluding carboxylic acids is 4. The zero-order valence-corrected chi connectivity index (χ0v) is 30.7. The zero-order chi connectivity index (χ0) is 39.1. The number of amides is 4. The Kier molecular flexibility index (Phi) is 8.90. The molecule has 4 aromatic rings. The number of fused-ring (bicyclic) bond motifs is 4. The second-order valence-corrected chi connectivity index (χ2v) is 15.1. The zero-order valence-electron chi connectivity index (χ0n) is 28.5. The number of nitrogens with one attached hydrogen (secondary N) is 1. The van der Waals surface area contributed by atoms with Crippen LogP contribution in [0, 0.1) is 23.7 Å². The van der Waals surface area contributed by atoms with Crippen LogP contribution in [-0.2, 0) is 30.8 Å². The lowest BCUT2D eigenvalue weighted by atomic mass is 9.49. The molecule has 2 aliphatic heterocycles. The third kappa shape index (κ3) is 5.57. The molecule has 6 atom stereocenters. The molecule has 8 rings (SSSR count). The Morgan fingerprint density at radius 3 is 2.27 bits per heavy atom. The predicted octanol–water partition coefficient (Wildman–Crippen LogP) is 7.96. The lowest BCUT2D eigenvalue weighted by Crippen LogP contribution is -2.53. The molecule has 3 fully saturated rings. The first-order chi connectivity index (χ1) is 26.2. The minimum Gasteiger partial charge on any atom is -0.503 e. The number of halogens is 6. The smallest absolute Gasteiger partial charge is 0.417 e. The van der Waals surface area contributed by atoms with E-state index < -0.39 is 75.4 Å². The lowest BCUT2D eigenvalue weighted by Gasteiger charge is -2.50. The molecule has 0 spiro atoms. The second-order valence-electron chi connectivity index (χ2n) is 13.8. The molecule has 282 valence electrons. The summed E-state index contributed by atoms with van der Waals surface area (Å²) in [4.78, 5) is 63.5. The number of anilines is 2. The van der Waals surface area contributed by atoms with Crippen LogP contribution in [0.15, 0.2) is 90.6 Å². The molecule has 2 saturated heterocycles. The fourth-order valence-electron chi connectivity index (χ4n) is 8.91. The molecule has 4 aliphatic rings. The van der Waals surface area contributed by atoms with Crippen molar-refractivity contribution in [1.29, 1.82) is 0 Å². The average molecular weight is 812 g/mol. The molecule has 2 N–H and O–H groups in total. The van der Waals surface area contributed by atoms with E-state index in [0.29, 0.717) is 44.7 Å². The number of ether oxygens (including phenoxy) is 1. The van der Waals surface area contributed by atoms with Gasteiger partial charge >= 0.3 is 6.18 Å². The van der Waals surface area contributed by atoms with Gasteiger partial charge in [-0.15, -0.1) is 0 Å². The van der Waals surface area contributed by atoms with Gasteiger partial charge in [0.2, 0.25) is 11.8 Å². The number of pyridine rings is 1. The SMILES string of the molecule is COc1cc([C@H]2C3=CC[C@@H]4C(=O)N(c5ccccc5)C(=O)[C@@H]4[C@@H]3C[C@H]3C(=O)N(Nc4ncc(C(F)(F)F)cc4Cl)C(=O)[C@@]23c2ccc(Cl)cc2)cc(Cl)c1O. The lowest BCUT2D eigenvalue weighted by molar-refractivity contribution is -0.139. The maximum absolute atomic E-state index is 15.3. The molecular weight excluding hydrogens is 784 g/mol. The number of hydrazine groups is 1. The van der Waals surface area contributed by atoms with Gasteiger partial charge in [-0.2, -0.15) is 18.2 Å². The third-order valence-corrected chi connectivity index (χ3v) is 12.0. The number of carbonyl (C=O) groups is 4. The van der Waals surface area contributed by atoms with Crippen molar-refractivity contribution >= 4 is 69.9 Å². The Morgan fingerprint density at radius 1 is 0.909 bits per heavy atom. The summed E-state index contributed by atoms with van der Waals surface area (Å²) in [6.45, 7) is 0. The van der Waals surface area contributed by atoms with E-state index in [1.165, 1.54) is 19.2 Å². The average Bonchev–Trinajstić information content (AvgIpc) is 3.54. The van der Waals surface area contributed by atoms with Gasteiger partial charge in [-0.25, -0.2) is 4.98 Å². The number of imide groups is 2. The van der Waals surface area contributed by atoms with E-state index in [1.54, 1.807) is 54.6 Å². The summed E-state index contributed by atoms with van der Waals surface area (Å²) in [6.07, 6.45) is -2.35. The maximum atomic E-state index is 15.3. The van der Waals surface area contributed by atoms with Crippen molar-refractivity contribution in [3.05, 3.63) is 122 Å². The molecule has 55 heavy (non-hydrogen) atoms. The largest absolute Gasteiger partial charge is 0.503 e. The number of aromatic nitrogens is 1. The standard InChI is InChI=1S/C39H28Cl3F3N4O6/c1-55-29-14-18(13-27(41)32(29)50)31-23-11-12-24-30(36(53)48(34(24)51)22-5-3-2-4-6-22)25(23)16-26-35(52)49(37(54)38(26,31)19-7-9-21(40)10-8-19)47-33-28(42)15-20(17-46-33)39(43,44)45/h2-11,13-15,17,24-26,30-31,50H,12,16H2,1H3,(H,46,47)/t24-,25+,26-,30-,31-,38+/m0/s1. The van der Waals surface area contributed by atoms with Crippen LogP contribution in [0.3, 0.4) is 0 Å². The predicted molar refractivity (Wildman–Crippen MR) is 195 cm³/mol. The molecular formula is C39H28Cl3F3N4O6. The first-order valence-electron chi connectivity index (χ1n) is 17.0. The number of phenolic OH excluding ortho intramolecular Hbond substituents is 1. The number of nitrogens with zero attached hydrogens (tertiary/aromatic N) is 3. The first-order valence-corrected chi connectivity index (χ1v) is 18.1. The van der Waals surface area contributed by atoms with Crippen LogP contribution in [0.4, 0.5) is 24.7 Å². The van der Waals surface area contributed by atoms with E-state index in [2.05, 4.69) is 10.4 Å². The van der Waals surface area contributed by atoms with Crippen LogP contribution in [-0.4, -0.2) is 45.8 Å². The maximum Gasteiger partial charge on any atom is 0.417 e. The highest BCUT2D eigenvalue weighted by molar-refractivity contribution is 6.33. The molecule has 3 aromatic carbocycles. The summed E-state index contributed by atoms with van der Waals surface area (Å²) >= 11 is 19.2. The van der Waals surface area contributed by atoms with Gasteiger partial charge in [-0.05, 0) is 72.4 Å². The number of para-hydroxylation sites is 1. The quantitative estimate of drug-likeness (QED) is 0.148. The van der Waals surface area contributed by atoms with Gasteiger partial charge in [0.25, 0.3) is 11.8 Å². The Bertz CT molecular complexity index is 2330. The topological polar surface area (TPSA) is 129 Å². The Morgan fingerprint density at radius 2 is 1.62 bits per heavy atom. The highest BCUT2D eigenvalue weighted by atomic mass is 35.5. The van der Waals surface area contributed by atoms with Gasteiger partial charge in [0.15, 0.2) is 17.3 Å². The number of allylic oxidation sites excluding steroid dienone is 2. The van der Waals surface area contributed by atoms with E-state index >= 15 is 4.79 Å². The van der Waals surface area contributed by atoms with E-state index in [0.717, 1.165) is 4.90 Å². The summed E-state index contributed by atoms with van der Waals surface area (Å²) in [6, 6.07) is 18.4. The molecule has 2 aliphatic carbocycles. The fourth-order valence-corrected chi connectivity index (χ4v) is 9.46. The minimum atomic E-state index is -4.77.